The van der Waals surface area contributed by atoms with Crippen LogP contribution in [0.4, 0.5) is 14.5 Å². The van der Waals surface area contributed by atoms with Crippen molar-refractivity contribution in [3.63, 3.8) is 0 Å². The summed E-state index contributed by atoms with van der Waals surface area (Å²) >= 11 is 0. The molecule has 0 unspecified atom stereocenters. The lowest BCUT2D eigenvalue weighted by Gasteiger charge is -2.15. The fraction of sp³-hybridized carbons (Fsp3) is 0.129. The van der Waals surface area contributed by atoms with Gasteiger partial charge in [0.1, 0.15) is 24.8 Å². The summed E-state index contributed by atoms with van der Waals surface area (Å²) in [6, 6.07) is 24.0. The van der Waals surface area contributed by atoms with Crippen molar-refractivity contribution in [1.82, 2.24) is 0 Å². The van der Waals surface area contributed by atoms with E-state index in [9.17, 15) is 23.2 Å². The van der Waals surface area contributed by atoms with Gasteiger partial charge in [0.05, 0.1) is 17.2 Å². The van der Waals surface area contributed by atoms with E-state index in [4.69, 9.17) is 15.2 Å². The Morgan fingerprint density at radius 3 is 1.65 bits per heavy atom. The van der Waals surface area contributed by atoms with Crippen LogP contribution >= 0.6 is 0 Å². The smallest absolute Gasteiger partial charge is 0.338 e. The van der Waals surface area contributed by atoms with Crippen molar-refractivity contribution in [3.8, 4) is 0 Å². The molecule has 4 rings (SSSR count). The first kappa shape index (κ1) is 28.1. The number of ether oxygens (including phenoxy) is 2. The van der Waals surface area contributed by atoms with Crippen LogP contribution in [-0.4, -0.2) is 23.9 Å². The summed E-state index contributed by atoms with van der Waals surface area (Å²) < 4.78 is 38.8. The van der Waals surface area contributed by atoms with E-state index in [0.29, 0.717) is 0 Å². The van der Waals surface area contributed by atoms with Gasteiger partial charge < -0.3 is 20.5 Å². The zero-order valence-corrected chi connectivity index (χ0v) is 21.3. The normalized spacial score (nSPS) is 11.4. The van der Waals surface area contributed by atoms with Gasteiger partial charge in [-0.25, -0.2) is 18.4 Å². The summed E-state index contributed by atoms with van der Waals surface area (Å²) in [5, 5.41) is 2.51. The number of carbonyl (C=O) groups excluding carboxylic acids is 3. The van der Waals surface area contributed by atoms with Crippen LogP contribution in [0.15, 0.2) is 97.1 Å². The zero-order chi connectivity index (χ0) is 28.5. The van der Waals surface area contributed by atoms with Crippen LogP contribution in [0.2, 0.25) is 0 Å². The van der Waals surface area contributed by atoms with Gasteiger partial charge in [0, 0.05) is 17.7 Å². The second-order valence-electron chi connectivity index (χ2n) is 8.92. The maximum atomic E-state index is 14.0. The number of hydrogen-bond donors (Lipinski definition) is 2. The van der Waals surface area contributed by atoms with Gasteiger partial charge in [0.15, 0.2) is 0 Å². The molecule has 9 heteroatoms. The number of carbonyl (C=O) groups is 3. The van der Waals surface area contributed by atoms with E-state index in [1.807, 2.05) is 12.1 Å². The van der Waals surface area contributed by atoms with Gasteiger partial charge in [-0.15, -0.1) is 0 Å². The second-order valence-corrected chi connectivity index (χ2v) is 8.92. The van der Waals surface area contributed by atoms with Gasteiger partial charge in [-0.2, -0.15) is 0 Å². The van der Waals surface area contributed by atoms with Crippen LogP contribution in [0.1, 0.15) is 37.4 Å². The standard InChI is InChI=1S/C31H26F2N2O5/c32-26-12-7-13-27(33)25(26)17-28(34)29(36)35-24-15-22(30(37)39-18-20-8-3-1-4-9-20)14-23(16-24)31(38)40-19-21-10-5-2-6-11-21/h1-16,28H,17-19,34H2,(H,35,36)/t28-/m0/s1. The Morgan fingerprint density at radius 2 is 1.18 bits per heavy atom. The molecule has 3 N–H and O–H groups in total. The Labute approximate surface area is 229 Å². The highest BCUT2D eigenvalue weighted by molar-refractivity contribution is 6.00. The van der Waals surface area contributed by atoms with Crippen molar-refractivity contribution < 1.29 is 32.6 Å². The topological polar surface area (TPSA) is 108 Å². The van der Waals surface area contributed by atoms with E-state index in [2.05, 4.69) is 5.32 Å². The maximum absolute atomic E-state index is 14.0. The SMILES string of the molecule is N[C@@H](Cc1c(F)cccc1F)C(=O)Nc1cc(C(=O)OCc2ccccc2)cc(C(=O)OCc2ccccc2)c1. The van der Waals surface area contributed by atoms with Gasteiger partial charge >= 0.3 is 11.9 Å². The number of nitrogens with one attached hydrogen (secondary N) is 1. The third-order valence-corrected chi connectivity index (χ3v) is 5.92. The van der Waals surface area contributed by atoms with Crippen molar-refractivity contribution in [1.29, 1.82) is 0 Å². The summed E-state index contributed by atoms with van der Waals surface area (Å²) in [7, 11) is 0. The molecule has 0 aliphatic rings. The average Bonchev–Trinajstić information content (AvgIpc) is 2.97. The lowest BCUT2D eigenvalue weighted by atomic mass is 10.0. The molecule has 0 saturated heterocycles. The Bertz CT molecular complexity index is 1400. The first-order valence-corrected chi connectivity index (χ1v) is 12.4. The van der Waals surface area contributed by atoms with Crippen LogP contribution in [0.5, 0.6) is 0 Å². The number of hydrogen-bond acceptors (Lipinski definition) is 6. The average molecular weight is 545 g/mol. The van der Waals surface area contributed by atoms with Gasteiger partial charge in [0.2, 0.25) is 5.91 Å². The number of amides is 1. The largest absolute Gasteiger partial charge is 0.457 e. The molecule has 0 aliphatic heterocycles. The van der Waals surface area contributed by atoms with Crippen molar-refractivity contribution in [3.05, 3.63) is 137 Å². The molecule has 0 bridgehead atoms. The summed E-state index contributed by atoms with van der Waals surface area (Å²) in [6.45, 7) is -0.0216. The highest BCUT2D eigenvalue weighted by Gasteiger charge is 2.21. The summed E-state index contributed by atoms with van der Waals surface area (Å²) in [5.74, 6) is -3.91. The first-order chi connectivity index (χ1) is 19.3. The second kappa shape index (κ2) is 13.3. The zero-order valence-electron chi connectivity index (χ0n) is 21.3. The van der Waals surface area contributed by atoms with E-state index in [0.717, 1.165) is 23.3 Å². The van der Waals surface area contributed by atoms with Crippen molar-refractivity contribution in [2.24, 2.45) is 5.73 Å². The number of nitrogens with two attached hydrogens (primary N) is 1. The van der Waals surface area contributed by atoms with Crippen molar-refractivity contribution >= 4 is 23.5 Å². The summed E-state index contributed by atoms with van der Waals surface area (Å²) in [5.41, 5.74) is 7.13. The molecular formula is C31H26F2N2O5. The Balaban J connectivity index is 1.53. The van der Waals surface area contributed by atoms with E-state index in [-0.39, 0.29) is 35.6 Å². The molecule has 0 fully saturated rings. The monoisotopic (exact) mass is 544 g/mol. The van der Waals surface area contributed by atoms with Crippen LogP contribution in [0.3, 0.4) is 0 Å². The van der Waals surface area contributed by atoms with Gasteiger partial charge in [-0.1, -0.05) is 66.7 Å². The van der Waals surface area contributed by atoms with Crippen molar-refractivity contribution in [2.75, 3.05) is 5.32 Å². The first-order valence-electron chi connectivity index (χ1n) is 12.4. The third-order valence-electron chi connectivity index (χ3n) is 5.92. The lowest BCUT2D eigenvalue weighted by Crippen LogP contribution is -2.38. The highest BCUT2D eigenvalue weighted by atomic mass is 19.1. The molecule has 0 spiro atoms. The van der Waals surface area contributed by atoms with E-state index < -0.39 is 41.9 Å². The molecule has 0 radical (unpaired) electrons. The molecule has 0 aromatic heterocycles. The number of rotatable bonds is 10. The third kappa shape index (κ3) is 7.58. The molecule has 40 heavy (non-hydrogen) atoms. The fourth-order valence-electron chi connectivity index (χ4n) is 3.82. The molecule has 1 atom stereocenters. The van der Waals surface area contributed by atoms with Crippen LogP contribution < -0.4 is 11.1 Å². The number of esters is 2. The van der Waals surface area contributed by atoms with E-state index >= 15 is 0 Å². The minimum atomic E-state index is -1.33. The predicted molar refractivity (Wildman–Crippen MR) is 144 cm³/mol. The van der Waals surface area contributed by atoms with Gasteiger partial charge in [-0.3, -0.25) is 4.79 Å². The molecular weight excluding hydrogens is 518 g/mol. The molecule has 0 saturated carbocycles. The van der Waals surface area contributed by atoms with Gasteiger partial charge in [0.25, 0.3) is 0 Å². The number of benzene rings is 4. The van der Waals surface area contributed by atoms with Crippen LogP contribution in [0, 0.1) is 11.6 Å². The molecule has 1 amide bonds. The molecule has 0 heterocycles. The lowest BCUT2D eigenvalue weighted by molar-refractivity contribution is -0.117. The number of halogens is 2. The highest BCUT2D eigenvalue weighted by Crippen LogP contribution is 2.20. The maximum Gasteiger partial charge on any atom is 0.338 e. The van der Waals surface area contributed by atoms with Crippen molar-refractivity contribution in [2.45, 2.75) is 25.7 Å². The van der Waals surface area contributed by atoms with E-state index in [1.54, 1.807) is 48.5 Å². The minimum absolute atomic E-state index is 0.0108. The van der Waals surface area contributed by atoms with Gasteiger partial charge in [-0.05, 0) is 41.5 Å². The minimum Gasteiger partial charge on any atom is -0.457 e. The quantitative estimate of drug-likeness (QED) is 0.266. The van der Waals surface area contributed by atoms with Crippen LogP contribution in [0.25, 0.3) is 0 Å². The van der Waals surface area contributed by atoms with E-state index in [1.165, 1.54) is 24.3 Å². The number of anilines is 1. The summed E-state index contributed by atoms with van der Waals surface area (Å²) in [4.78, 5) is 38.5. The molecule has 7 nitrogen and oxygen atoms in total. The fourth-order valence-corrected chi connectivity index (χ4v) is 3.82. The molecule has 4 aromatic rings. The molecule has 0 aliphatic carbocycles. The Kier molecular flexibility index (Phi) is 9.32. The molecule has 4 aromatic carbocycles. The Hall–Kier alpha value is -4.89. The van der Waals surface area contributed by atoms with Crippen LogP contribution in [-0.2, 0) is 33.9 Å². The Morgan fingerprint density at radius 1 is 0.700 bits per heavy atom. The summed E-state index contributed by atoms with van der Waals surface area (Å²) in [6.07, 6.45) is -0.408. The molecule has 204 valence electrons. The predicted octanol–water partition coefficient (Wildman–Crippen LogP) is 5.19.